The van der Waals surface area contributed by atoms with Gasteiger partial charge in [0.25, 0.3) is 0 Å². The average Bonchev–Trinajstić information content (AvgIpc) is 2.66. The SMILES string of the molecule is Cc1ccc(NC(=O)CN2CCc3[nH]c4c(C)cc(F)cc4c(=O)c3C2)c(C)c1. The Morgan fingerprint density at radius 3 is 2.72 bits per heavy atom. The zero-order valence-corrected chi connectivity index (χ0v) is 16.9. The van der Waals surface area contributed by atoms with E-state index in [0.29, 0.717) is 36.0 Å². The van der Waals surface area contributed by atoms with E-state index >= 15 is 0 Å². The topological polar surface area (TPSA) is 65.2 Å². The number of aryl methyl sites for hydroxylation is 3. The summed E-state index contributed by atoms with van der Waals surface area (Å²) in [6, 6.07) is 8.61. The Morgan fingerprint density at radius 2 is 1.97 bits per heavy atom. The minimum absolute atomic E-state index is 0.112. The fourth-order valence-electron chi connectivity index (χ4n) is 4.05. The van der Waals surface area contributed by atoms with Crippen molar-refractivity contribution in [3.63, 3.8) is 0 Å². The predicted molar refractivity (Wildman–Crippen MR) is 113 cm³/mol. The highest BCUT2D eigenvalue weighted by Crippen LogP contribution is 2.22. The number of fused-ring (bicyclic) bond motifs is 2. The van der Waals surface area contributed by atoms with Gasteiger partial charge in [-0.1, -0.05) is 17.7 Å². The van der Waals surface area contributed by atoms with Gasteiger partial charge in [-0.25, -0.2) is 4.39 Å². The largest absolute Gasteiger partial charge is 0.358 e. The normalized spacial score (nSPS) is 14.1. The van der Waals surface area contributed by atoms with Crippen LogP contribution >= 0.6 is 0 Å². The molecule has 2 heterocycles. The van der Waals surface area contributed by atoms with Gasteiger partial charge in [0.15, 0.2) is 5.43 Å². The van der Waals surface area contributed by atoms with Crippen molar-refractivity contribution in [2.45, 2.75) is 33.7 Å². The first-order valence-electron chi connectivity index (χ1n) is 9.75. The summed E-state index contributed by atoms with van der Waals surface area (Å²) in [5.41, 5.74) is 5.71. The van der Waals surface area contributed by atoms with E-state index in [-0.39, 0.29) is 17.9 Å². The summed E-state index contributed by atoms with van der Waals surface area (Å²) in [5, 5.41) is 3.32. The van der Waals surface area contributed by atoms with Crippen molar-refractivity contribution >= 4 is 22.5 Å². The van der Waals surface area contributed by atoms with Crippen LogP contribution < -0.4 is 10.7 Å². The maximum Gasteiger partial charge on any atom is 0.238 e. The lowest BCUT2D eigenvalue weighted by Gasteiger charge is -2.28. The van der Waals surface area contributed by atoms with Crippen LogP contribution in [0.4, 0.5) is 10.1 Å². The third-order valence-corrected chi connectivity index (χ3v) is 5.54. The molecule has 0 atom stereocenters. The molecule has 1 amide bonds. The first-order chi connectivity index (χ1) is 13.8. The molecule has 2 N–H and O–H groups in total. The second-order valence-electron chi connectivity index (χ2n) is 7.88. The van der Waals surface area contributed by atoms with Gasteiger partial charge < -0.3 is 10.3 Å². The molecule has 1 aromatic heterocycles. The number of nitrogens with zero attached hydrogens (tertiary/aromatic N) is 1. The Balaban J connectivity index is 1.54. The summed E-state index contributed by atoms with van der Waals surface area (Å²) in [6.07, 6.45) is 0.647. The van der Waals surface area contributed by atoms with Crippen LogP contribution in [0.1, 0.15) is 27.9 Å². The zero-order chi connectivity index (χ0) is 20.7. The molecule has 1 aliphatic heterocycles. The third-order valence-electron chi connectivity index (χ3n) is 5.54. The van der Waals surface area contributed by atoms with Crippen molar-refractivity contribution in [3.8, 4) is 0 Å². The van der Waals surface area contributed by atoms with Gasteiger partial charge in [0.1, 0.15) is 5.82 Å². The monoisotopic (exact) mass is 393 g/mol. The molecular weight excluding hydrogens is 369 g/mol. The van der Waals surface area contributed by atoms with Crippen LogP contribution in [0, 0.1) is 26.6 Å². The van der Waals surface area contributed by atoms with Gasteiger partial charge >= 0.3 is 0 Å². The maximum atomic E-state index is 13.8. The molecule has 0 aliphatic carbocycles. The van der Waals surface area contributed by atoms with Crippen molar-refractivity contribution in [2.75, 3.05) is 18.4 Å². The van der Waals surface area contributed by atoms with Crippen LogP contribution in [0.15, 0.2) is 35.1 Å². The van der Waals surface area contributed by atoms with Crippen molar-refractivity contribution in [2.24, 2.45) is 0 Å². The van der Waals surface area contributed by atoms with E-state index in [1.165, 1.54) is 12.1 Å². The van der Waals surface area contributed by atoms with Crippen molar-refractivity contribution in [3.05, 3.63) is 74.3 Å². The number of benzene rings is 2. The van der Waals surface area contributed by atoms with Crippen LogP contribution in [-0.2, 0) is 17.8 Å². The summed E-state index contributed by atoms with van der Waals surface area (Å²) in [6.45, 7) is 7.02. The second-order valence-corrected chi connectivity index (χ2v) is 7.88. The van der Waals surface area contributed by atoms with Gasteiger partial charge in [-0.3, -0.25) is 14.5 Å². The third kappa shape index (κ3) is 3.80. The van der Waals surface area contributed by atoms with Crippen LogP contribution in [0.3, 0.4) is 0 Å². The van der Waals surface area contributed by atoms with E-state index in [4.69, 9.17) is 0 Å². The molecule has 0 bridgehead atoms. The smallest absolute Gasteiger partial charge is 0.238 e. The number of aromatic amines is 1. The van der Waals surface area contributed by atoms with E-state index in [0.717, 1.165) is 28.1 Å². The zero-order valence-electron chi connectivity index (χ0n) is 16.9. The number of carbonyl (C=O) groups excluding carboxylic acids is 1. The Kier molecular flexibility index (Phi) is 4.96. The molecule has 0 saturated carbocycles. The molecule has 1 aliphatic rings. The van der Waals surface area contributed by atoms with E-state index in [2.05, 4.69) is 10.3 Å². The molecule has 5 nitrogen and oxygen atoms in total. The Hall–Kier alpha value is -2.99. The summed E-state index contributed by atoms with van der Waals surface area (Å²) >= 11 is 0. The first kappa shape index (κ1) is 19.3. The van der Waals surface area contributed by atoms with Crippen molar-refractivity contribution in [1.29, 1.82) is 0 Å². The fourth-order valence-corrected chi connectivity index (χ4v) is 4.05. The molecule has 0 unspecified atom stereocenters. The first-order valence-corrected chi connectivity index (χ1v) is 9.75. The average molecular weight is 393 g/mol. The number of H-pyrrole nitrogens is 1. The van der Waals surface area contributed by atoms with Gasteiger partial charge in [0.2, 0.25) is 5.91 Å². The highest BCUT2D eigenvalue weighted by Gasteiger charge is 2.23. The number of halogens is 1. The van der Waals surface area contributed by atoms with Gasteiger partial charge in [-0.15, -0.1) is 0 Å². The molecular formula is C23H24FN3O2. The molecule has 2 aromatic carbocycles. The maximum absolute atomic E-state index is 13.8. The molecule has 150 valence electrons. The van der Waals surface area contributed by atoms with Crippen molar-refractivity contribution in [1.82, 2.24) is 9.88 Å². The van der Waals surface area contributed by atoms with E-state index in [9.17, 15) is 14.0 Å². The highest BCUT2D eigenvalue weighted by atomic mass is 19.1. The molecule has 0 spiro atoms. The predicted octanol–water partition coefficient (Wildman–Crippen LogP) is 3.59. The summed E-state index contributed by atoms with van der Waals surface area (Å²) < 4.78 is 13.8. The molecule has 0 fully saturated rings. The Bertz CT molecular complexity index is 1180. The Morgan fingerprint density at radius 1 is 1.17 bits per heavy atom. The number of pyridine rings is 1. The van der Waals surface area contributed by atoms with E-state index in [1.54, 1.807) is 6.92 Å². The number of hydrogen-bond acceptors (Lipinski definition) is 3. The fraction of sp³-hybridized carbons (Fsp3) is 0.304. The number of amides is 1. The van der Waals surface area contributed by atoms with Crippen LogP contribution in [-0.4, -0.2) is 28.9 Å². The minimum Gasteiger partial charge on any atom is -0.358 e. The molecule has 4 rings (SSSR count). The minimum atomic E-state index is -0.416. The molecule has 0 saturated heterocycles. The Labute approximate surface area is 168 Å². The van der Waals surface area contributed by atoms with E-state index < -0.39 is 5.82 Å². The molecule has 6 heteroatoms. The van der Waals surface area contributed by atoms with Gasteiger partial charge in [0, 0.05) is 41.8 Å². The van der Waals surface area contributed by atoms with Crippen LogP contribution in [0.25, 0.3) is 10.9 Å². The van der Waals surface area contributed by atoms with Crippen molar-refractivity contribution < 1.29 is 9.18 Å². The lowest BCUT2D eigenvalue weighted by atomic mass is 10.0. The number of carbonyl (C=O) groups is 1. The summed E-state index contributed by atoms with van der Waals surface area (Å²) in [5.74, 6) is -0.527. The van der Waals surface area contributed by atoms with Crippen LogP contribution in [0.2, 0.25) is 0 Å². The molecule has 3 aromatic rings. The summed E-state index contributed by atoms with van der Waals surface area (Å²) in [4.78, 5) is 30.8. The number of nitrogens with one attached hydrogen (secondary N) is 2. The second kappa shape index (κ2) is 7.44. The van der Waals surface area contributed by atoms with Crippen LogP contribution in [0.5, 0.6) is 0 Å². The quantitative estimate of drug-likeness (QED) is 0.715. The van der Waals surface area contributed by atoms with Gasteiger partial charge in [-0.2, -0.15) is 0 Å². The standard InChI is InChI=1S/C23H24FN3O2/c1-13-4-5-19(14(2)8-13)25-21(28)12-27-7-6-20-18(11-27)23(29)17-10-16(24)9-15(3)22(17)26-20/h4-5,8-10H,6-7,11-12H2,1-3H3,(H,25,28)(H,26,29). The number of rotatable bonds is 3. The molecule has 0 radical (unpaired) electrons. The summed E-state index contributed by atoms with van der Waals surface area (Å²) in [7, 11) is 0. The van der Waals surface area contributed by atoms with E-state index in [1.807, 2.05) is 36.9 Å². The number of aromatic nitrogens is 1. The van der Waals surface area contributed by atoms with Gasteiger partial charge in [-0.05, 0) is 50.1 Å². The molecule has 29 heavy (non-hydrogen) atoms. The highest BCUT2D eigenvalue weighted by molar-refractivity contribution is 5.93. The lowest BCUT2D eigenvalue weighted by molar-refractivity contribution is -0.117. The number of hydrogen-bond donors (Lipinski definition) is 2. The van der Waals surface area contributed by atoms with Gasteiger partial charge in [0.05, 0.1) is 12.1 Å². The number of anilines is 1. The lowest BCUT2D eigenvalue weighted by Crippen LogP contribution is -2.39.